The van der Waals surface area contributed by atoms with Crippen LogP contribution in [0.3, 0.4) is 0 Å². The number of nitrogens with one attached hydrogen (secondary N) is 1. The van der Waals surface area contributed by atoms with Crippen LogP contribution in [0.5, 0.6) is 5.75 Å². The molecule has 5 N–H and O–H groups in total. The van der Waals surface area contributed by atoms with Crippen LogP contribution in [-0.4, -0.2) is 63.0 Å². The number of benzene rings is 1. The zero-order valence-electron chi connectivity index (χ0n) is 20.3. The molecule has 14 nitrogen and oxygen atoms in total. The van der Waals surface area contributed by atoms with E-state index in [1.165, 1.54) is 36.1 Å². The topological polar surface area (TPSA) is 185 Å². The van der Waals surface area contributed by atoms with Gasteiger partial charge in [0, 0.05) is 6.20 Å². The summed E-state index contributed by atoms with van der Waals surface area (Å²) in [6.07, 6.45) is -2.81. The molecule has 0 amide bonds. The molecule has 16 heteroatoms. The SMILES string of the molecule is [2H]POC(=O)[C@@H](C)NP(=O)(OCC1O[C@@H](n2cc([N+]#[C-])c3c(N)ncnc32)[C@H](O)[C@@H]1O)Oc1ccccc1. The highest BCUT2D eigenvalue weighted by Crippen LogP contribution is 2.46. The molecule has 1 aromatic carbocycles. The summed E-state index contributed by atoms with van der Waals surface area (Å²) < 4.78 is 43.5. The van der Waals surface area contributed by atoms with E-state index in [4.69, 9.17) is 27.4 Å². The molecule has 3 heterocycles. The Kier molecular flexibility index (Phi) is 7.64. The first kappa shape index (κ1) is 25.5. The maximum absolute atomic E-state index is 13.6. The van der Waals surface area contributed by atoms with Crippen molar-refractivity contribution in [2.75, 3.05) is 12.3 Å². The lowest BCUT2D eigenvalue weighted by Crippen LogP contribution is -2.36. The predicted octanol–water partition coefficient (Wildman–Crippen LogP) is 1.70. The number of ether oxygens (including phenoxy) is 1. The fraction of sp³-hybridized carbons (Fsp3) is 0.333. The molecule has 3 aromatic rings. The zero-order valence-corrected chi connectivity index (χ0v) is 21.2. The van der Waals surface area contributed by atoms with Gasteiger partial charge in [0.15, 0.2) is 6.23 Å². The maximum Gasteiger partial charge on any atom is 0.459 e. The zero-order chi connectivity index (χ0) is 27.4. The van der Waals surface area contributed by atoms with Crippen LogP contribution in [0.4, 0.5) is 11.5 Å². The molecular formula is C21H24N6O8P2. The first-order valence-corrected chi connectivity index (χ1v) is 12.8. The number of aliphatic hydroxyl groups is 2. The van der Waals surface area contributed by atoms with E-state index >= 15 is 0 Å². The van der Waals surface area contributed by atoms with Gasteiger partial charge >= 0.3 is 13.7 Å². The summed E-state index contributed by atoms with van der Waals surface area (Å²) in [6.45, 7) is 8.23. The molecule has 1 aliphatic heterocycles. The Balaban J connectivity index is 1.54. The molecule has 0 aliphatic carbocycles. The lowest BCUT2D eigenvalue weighted by molar-refractivity contribution is -0.134. The first-order valence-electron chi connectivity index (χ1n) is 11.3. The van der Waals surface area contributed by atoms with Crippen molar-refractivity contribution in [1.29, 1.82) is 1.28 Å². The van der Waals surface area contributed by atoms with Crippen molar-refractivity contribution < 1.29 is 37.9 Å². The average molecular weight is 551 g/mol. The molecular weight excluding hydrogens is 526 g/mol. The van der Waals surface area contributed by atoms with E-state index in [0.717, 1.165) is 0 Å². The molecule has 0 radical (unpaired) electrons. The molecule has 4 rings (SSSR count). The summed E-state index contributed by atoms with van der Waals surface area (Å²) in [4.78, 5) is 23.4. The number of nitrogens with zero attached hydrogens (tertiary/aromatic N) is 4. The largest absolute Gasteiger partial charge is 0.459 e. The van der Waals surface area contributed by atoms with E-state index in [9.17, 15) is 19.6 Å². The van der Waals surface area contributed by atoms with Gasteiger partial charge in [0.2, 0.25) is 5.69 Å². The minimum absolute atomic E-state index is 0.0661. The first-order chi connectivity index (χ1) is 18.2. The molecule has 0 spiro atoms. The Morgan fingerprint density at radius 3 is 2.86 bits per heavy atom. The van der Waals surface area contributed by atoms with Gasteiger partial charge in [0.05, 0.1) is 29.3 Å². The normalized spacial score (nSPS) is 24.4. The van der Waals surface area contributed by atoms with Gasteiger partial charge in [-0.3, -0.25) is 9.32 Å². The van der Waals surface area contributed by atoms with Gasteiger partial charge in [-0.1, -0.05) is 18.2 Å². The van der Waals surface area contributed by atoms with Gasteiger partial charge in [0.25, 0.3) is 0 Å². The summed E-state index contributed by atoms with van der Waals surface area (Å²) in [5, 5.41) is 24.1. The fourth-order valence-corrected chi connectivity index (χ4v) is 5.40. The van der Waals surface area contributed by atoms with Crippen LogP contribution >= 0.6 is 17.2 Å². The quantitative estimate of drug-likeness (QED) is 0.212. The summed E-state index contributed by atoms with van der Waals surface area (Å²) in [5.41, 5.74) is 6.24. The van der Waals surface area contributed by atoms with Gasteiger partial charge in [-0.05, 0) is 19.1 Å². The van der Waals surface area contributed by atoms with Crippen LogP contribution in [0.15, 0.2) is 42.9 Å². The van der Waals surface area contributed by atoms with E-state index in [1.807, 2.05) is 0 Å². The van der Waals surface area contributed by atoms with Crippen molar-refractivity contribution in [3.8, 4) is 5.75 Å². The number of carbonyl (C=O) groups excluding carboxylic acids is 1. The molecule has 3 unspecified atom stereocenters. The fourth-order valence-electron chi connectivity index (χ4n) is 3.72. The number of aliphatic hydroxyl groups excluding tert-OH is 2. The van der Waals surface area contributed by atoms with Crippen molar-refractivity contribution >= 4 is 45.7 Å². The van der Waals surface area contributed by atoms with Crippen LogP contribution in [0, 0.1) is 6.57 Å². The second-order valence-electron chi connectivity index (χ2n) is 8.01. The van der Waals surface area contributed by atoms with E-state index in [-0.39, 0.29) is 28.3 Å². The number of nitrogen functional groups attached to an aromatic ring is 1. The molecule has 1 saturated heterocycles. The van der Waals surface area contributed by atoms with Crippen molar-refractivity contribution in [3.05, 3.63) is 54.3 Å². The molecule has 1 aliphatic rings. The van der Waals surface area contributed by atoms with Gasteiger partial charge < -0.3 is 34.3 Å². The third kappa shape index (κ3) is 5.58. The Morgan fingerprint density at radius 2 is 2.16 bits per heavy atom. The molecule has 2 aromatic heterocycles. The smallest absolute Gasteiger partial charge is 0.450 e. The predicted molar refractivity (Wildman–Crippen MR) is 133 cm³/mol. The van der Waals surface area contributed by atoms with E-state index in [2.05, 4.69) is 24.4 Å². The average Bonchev–Trinajstić information content (AvgIpc) is 3.41. The Labute approximate surface area is 214 Å². The van der Waals surface area contributed by atoms with Crippen molar-refractivity contribution in [2.24, 2.45) is 0 Å². The van der Waals surface area contributed by atoms with E-state index in [1.54, 1.807) is 18.2 Å². The van der Waals surface area contributed by atoms with Gasteiger partial charge in [-0.2, -0.15) is 5.09 Å². The van der Waals surface area contributed by atoms with E-state index in [0.29, 0.717) is 0 Å². The van der Waals surface area contributed by atoms with Crippen molar-refractivity contribution in [1.82, 2.24) is 19.6 Å². The maximum atomic E-state index is 13.6. The summed E-state index contributed by atoms with van der Waals surface area (Å²) in [7, 11) is -5.14. The minimum atomic E-state index is -4.28. The van der Waals surface area contributed by atoms with Gasteiger partial charge in [-0.15, -0.1) is 0 Å². The second kappa shape index (κ2) is 11.1. The molecule has 37 heavy (non-hydrogen) atoms. The van der Waals surface area contributed by atoms with E-state index < -0.39 is 60.3 Å². The number of anilines is 1. The summed E-state index contributed by atoms with van der Waals surface area (Å²) in [5.74, 6) is -0.612. The lowest BCUT2D eigenvalue weighted by atomic mass is 10.1. The number of aromatic nitrogens is 3. The number of fused-ring (bicyclic) bond motifs is 1. The molecule has 0 bridgehead atoms. The second-order valence-corrected chi connectivity index (χ2v) is 9.90. The number of rotatable bonds is 10. The lowest BCUT2D eigenvalue weighted by Gasteiger charge is -2.24. The highest BCUT2D eigenvalue weighted by molar-refractivity contribution is 7.52. The van der Waals surface area contributed by atoms with Crippen molar-refractivity contribution in [2.45, 2.75) is 37.5 Å². The van der Waals surface area contributed by atoms with Crippen LogP contribution in [-0.2, 0) is 23.1 Å². The van der Waals surface area contributed by atoms with Crippen LogP contribution in [0.2, 0.25) is 0 Å². The third-order valence-electron chi connectivity index (χ3n) is 5.53. The van der Waals surface area contributed by atoms with Crippen molar-refractivity contribution in [3.63, 3.8) is 0 Å². The van der Waals surface area contributed by atoms with Crippen LogP contribution in [0.1, 0.15) is 13.2 Å². The van der Waals surface area contributed by atoms with Gasteiger partial charge in [-0.25, -0.2) is 19.4 Å². The number of carbonyl (C=O) groups is 1. The molecule has 196 valence electrons. The van der Waals surface area contributed by atoms with Crippen LogP contribution in [0.25, 0.3) is 15.9 Å². The number of para-hydroxylation sites is 1. The Morgan fingerprint density at radius 1 is 1.41 bits per heavy atom. The minimum Gasteiger partial charge on any atom is -0.450 e. The number of hydrogen-bond acceptors (Lipinski definition) is 11. The molecule has 1 fully saturated rings. The summed E-state index contributed by atoms with van der Waals surface area (Å²) >= 11 is 0. The molecule has 7 atom stereocenters. The molecule has 0 saturated carbocycles. The monoisotopic (exact) mass is 551 g/mol. The Bertz CT molecular complexity index is 1390. The standard InChI is InChI=1S/C21H24N6O8P2/c1-11(21(30)34-36)26-37(31,35-12-6-4-3-5-7-12)32-9-14-16(28)17(29)20(33-14)27-8-13(23-2)15-18(22)24-10-25-19(15)27/h3-8,10-11,14,16-17,20,28-29H,9,36H2,1H3,(H,26,31)(H2,22,24,25)/t11-,14?,16-,17-,20-,37?/m1/s1/i36D/t11-,14?,16-,17-,20-,36?,37?. The third-order valence-corrected chi connectivity index (χ3v) is 7.38. The Hall–Kier alpha value is -3.14. The number of nitrogens with two attached hydrogens (primary N) is 1. The summed E-state index contributed by atoms with van der Waals surface area (Å²) in [6, 6.07) is 6.86. The highest BCUT2D eigenvalue weighted by Gasteiger charge is 2.46. The van der Waals surface area contributed by atoms with Gasteiger partial charge in [0.1, 0.15) is 47.9 Å². The van der Waals surface area contributed by atoms with Crippen LogP contribution < -0.4 is 15.3 Å². The highest BCUT2D eigenvalue weighted by atomic mass is 31.2. The number of hydrogen-bond donors (Lipinski definition) is 4.